The Morgan fingerprint density at radius 2 is 1.72 bits per heavy atom. The van der Waals surface area contributed by atoms with Crippen LogP contribution < -0.4 is 0 Å². The van der Waals surface area contributed by atoms with Gasteiger partial charge in [-0.2, -0.15) is 4.31 Å². The molecule has 0 saturated carbocycles. The number of sulfonamides is 1. The van der Waals surface area contributed by atoms with Crippen LogP contribution in [-0.2, 0) is 26.1 Å². The van der Waals surface area contributed by atoms with Crippen LogP contribution in [0.1, 0.15) is 39.3 Å². The topological polar surface area (TPSA) is 103 Å². The van der Waals surface area contributed by atoms with Crippen LogP contribution in [0.4, 0.5) is 0 Å². The van der Waals surface area contributed by atoms with Gasteiger partial charge in [0.1, 0.15) is 5.58 Å². The smallest absolute Gasteiger partial charge is 0.375 e. The van der Waals surface area contributed by atoms with E-state index in [9.17, 15) is 18.0 Å². The first-order valence-electron chi connectivity index (χ1n) is 10.2. The van der Waals surface area contributed by atoms with Gasteiger partial charge in [0.05, 0.1) is 11.5 Å². The van der Waals surface area contributed by atoms with Gasteiger partial charge in [-0.3, -0.25) is 4.79 Å². The molecule has 8 nitrogen and oxygen atoms in total. The zero-order valence-corrected chi connectivity index (χ0v) is 18.4. The lowest BCUT2D eigenvalue weighted by Crippen LogP contribution is -2.27. The molecule has 0 spiro atoms. The first-order valence-corrected chi connectivity index (χ1v) is 11.7. The van der Waals surface area contributed by atoms with Gasteiger partial charge in [-0.25, -0.2) is 13.2 Å². The Morgan fingerprint density at radius 1 is 1.03 bits per heavy atom. The van der Waals surface area contributed by atoms with Gasteiger partial charge in [0.25, 0.3) is 0 Å². The number of methoxy groups -OCH3 is 1. The molecule has 168 valence electrons. The summed E-state index contributed by atoms with van der Waals surface area (Å²) < 4.78 is 42.6. The molecule has 0 bridgehead atoms. The molecule has 9 heteroatoms. The van der Waals surface area contributed by atoms with E-state index in [2.05, 4.69) is 0 Å². The highest BCUT2D eigenvalue weighted by Crippen LogP contribution is 2.27. The van der Waals surface area contributed by atoms with Gasteiger partial charge >= 0.3 is 5.97 Å². The summed E-state index contributed by atoms with van der Waals surface area (Å²) in [5, 5.41) is 0.738. The average Bonchev–Trinajstić information content (AvgIpc) is 3.47. The standard InChI is InChI=1S/C23H23NO7S/c1-29-14-19-18-6-2-3-7-21(18)31-22(19)23(26)30-15-20(25)16-8-10-17(11-9-16)32(27,28)24-12-4-5-13-24/h2-3,6-11H,4-5,12-15H2,1H3. The molecule has 0 N–H and O–H groups in total. The van der Waals surface area contributed by atoms with E-state index in [-0.39, 0.29) is 22.8 Å². The van der Waals surface area contributed by atoms with Crippen LogP contribution in [-0.4, -0.2) is 51.3 Å². The van der Waals surface area contributed by atoms with Gasteiger partial charge < -0.3 is 13.9 Å². The largest absolute Gasteiger partial charge is 0.451 e. The zero-order valence-electron chi connectivity index (χ0n) is 17.6. The van der Waals surface area contributed by atoms with Crippen molar-refractivity contribution in [2.24, 2.45) is 0 Å². The molecule has 0 radical (unpaired) electrons. The van der Waals surface area contributed by atoms with Crippen LogP contribution in [0.5, 0.6) is 0 Å². The number of fused-ring (bicyclic) bond motifs is 1. The molecule has 0 amide bonds. The van der Waals surface area contributed by atoms with E-state index in [1.54, 1.807) is 12.1 Å². The normalized spacial score (nSPS) is 14.7. The predicted octanol–water partition coefficient (Wildman–Crippen LogP) is 3.40. The molecule has 1 saturated heterocycles. The summed E-state index contributed by atoms with van der Waals surface area (Å²) in [5.41, 5.74) is 1.32. The maximum absolute atomic E-state index is 12.6. The van der Waals surface area contributed by atoms with Gasteiger partial charge in [-0.15, -0.1) is 0 Å². The number of ketones is 1. The SMILES string of the molecule is COCc1c(C(=O)OCC(=O)c2ccc(S(=O)(=O)N3CCCC3)cc2)oc2ccccc12. The van der Waals surface area contributed by atoms with Crippen LogP contribution in [0.3, 0.4) is 0 Å². The summed E-state index contributed by atoms with van der Waals surface area (Å²) >= 11 is 0. The van der Waals surface area contributed by atoms with Crippen LogP contribution in [0.2, 0.25) is 0 Å². The van der Waals surface area contributed by atoms with Gasteiger partial charge in [0, 0.05) is 36.7 Å². The van der Waals surface area contributed by atoms with Gasteiger partial charge in [0.2, 0.25) is 15.8 Å². The minimum atomic E-state index is -3.55. The molecule has 1 aliphatic rings. The van der Waals surface area contributed by atoms with Crippen molar-refractivity contribution in [1.29, 1.82) is 0 Å². The molecule has 0 atom stereocenters. The second kappa shape index (κ2) is 9.23. The summed E-state index contributed by atoms with van der Waals surface area (Å²) in [6.45, 7) is 0.667. The van der Waals surface area contributed by atoms with Crippen molar-refractivity contribution >= 4 is 32.7 Å². The molecular formula is C23H23NO7S. The second-order valence-corrected chi connectivity index (χ2v) is 9.41. The van der Waals surface area contributed by atoms with E-state index in [1.165, 1.54) is 35.7 Å². The molecule has 1 fully saturated rings. The van der Waals surface area contributed by atoms with Crippen molar-refractivity contribution in [2.75, 3.05) is 26.8 Å². The Morgan fingerprint density at radius 3 is 2.41 bits per heavy atom. The van der Waals surface area contributed by atoms with Crippen molar-refractivity contribution in [3.63, 3.8) is 0 Å². The molecule has 3 aromatic rings. The summed E-state index contributed by atoms with van der Waals surface area (Å²) in [4.78, 5) is 25.2. The Kier molecular flexibility index (Phi) is 6.40. The number of ether oxygens (including phenoxy) is 2. The quantitative estimate of drug-likeness (QED) is 0.377. The monoisotopic (exact) mass is 457 g/mol. The third-order valence-corrected chi connectivity index (χ3v) is 7.30. The first-order chi connectivity index (χ1) is 15.4. The van der Waals surface area contributed by atoms with E-state index in [0.29, 0.717) is 24.2 Å². The summed E-state index contributed by atoms with van der Waals surface area (Å²) in [6.07, 6.45) is 1.69. The fourth-order valence-electron chi connectivity index (χ4n) is 3.72. The molecule has 4 rings (SSSR count). The maximum atomic E-state index is 12.6. The van der Waals surface area contributed by atoms with Crippen molar-refractivity contribution in [2.45, 2.75) is 24.3 Å². The van der Waals surface area contributed by atoms with Crippen molar-refractivity contribution in [3.8, 4) is 0 Å². The number of rotatable bonds is 8. The lowest BCUT2D eigenvalue weighted by atomic mass is 10.1. The number of carbonyl (C=O) groups excluding carboxylic acids is 2. The van der Waals surface area contributed by atoms with Crippen LogP contribution >= 0.6 is 0 Å². The van der Waals surface area contributed by atoms with E-state index in [0.717, 1.165) is 18.2 Å². The Balaban J connectivity index is 1.44. The summed E-state index contributed by atoms with van der Waals surface area (Å²) in [6, 6.07) is 12.8. The minimum Gasteiger partial charge on any atom is -0.451 e. The fourth-order valence-corrected chi connectivity index (χ4v) is 5.24. The van der Waals surface area contributed by atoms with Gasteiger partial charge in [0.15, 0.2) is 12.4 Å². The van der Waals surface area contributed by atoms with E-state index in [1.807, 2.05) is 12.1 Å². The van der Waals surface area contributed by atoms with E-state index < -0.39 is 28.4 Å². The Bertz CT molecular complexity index is 1240. The van der Waals surface area contributed by atoms with Crippen molar-refractivity contribution in [3.05, 3.63) is 65.4 Å². The number of esters is 1. The number of Topliss-reactive ketones (excluding diaryl/α,β-unsaturated/α-hetero) is 1. The van der Waals surface area contributed by atoms with E-state index in [4.69, 9.17) is 13.9 Å². The number of carbonyl (C=O) groups is 2. The zero-order chi connectivity index (χ0) is 22.7. The lowest BCUT2D eigenvalue weighted by Gasteiger charge is -2.15. The van der Waals surface area contributed by atoms with Crippen LogP contribution in [0.25, 0.3) is 11.0 Å². The molecule has 0 aliphatic carbocycles. The number of para-hydroxylation sites is 1. The van der Waals surface area contributed by atoms with Gasteiger partial charge in [-0.1, -0.05) is 18.2 Å². The third-order valence-electron chi connectivity index (χ3n) is 5.39. The molecule has 32 heavy (non-hydrogen) atoms. The van der Waals surface area contributed by atoms with E-state index >= 15 is 0 Å². The number of hydrogen-bond donors (Lipinski definition) is 0. The van der Waals surface area contributed by atoms with Crippen LogP contribution in [0.15, 0.2) is 57.8 Å². The highest BCUT2D eigenvalue weighted by molar-refractivity contribution is 7.89. The Hall–Kier alpha value is -3.01. The fraction of sp³-hybridized carbons (Fsp3) is 0.304. The molecule has 2 aromatic carbocycles. The molecule has 2 heterocycles. The first kappa shape index (κ1) is 22.2. The van der Waals surface area contributed by atoms with Crippen molar-refractivity contribution < 1.29 is 31.9 Å². The minimum absolute atomic E-state index is 0.00657. The lowest BCUT2D eigenvalue weighted by molar-refractivity contribution is 0.0441. The van der Waals surface area contributed by atoms with Gasteiger partial charge in [-0.05, 0) is 43.2 Å². The number of nitrogens with zero attached hydrogens (tertiary/aromatic N) is 1. The maximum Gasteiger partial charge on any atom is 0.375 e. The molecule has 0 unspecified atom stereocenters. The molecule has 1 aromatic heterocycles. The van der Waals surface area contributed by atoms with Crippen LogP contribution in [0, 0.1) is 0 Å². The molecule has 1 aliphatic heterocycles. The highest BCUT2D eigenvalue weighted by atomic mass is 32.2. The Labute approximate surface area is 185 Å². The molecular weight excluding hydrogens is 434 g/mol. The third kappa shape index (κ3) is 4.32. The summed E-state index contributed by atoms with van der Waals surface area (Å²) in [5.74, 6) is -1.23. The predicted molar refractivity (Wildman–Crippen MR) is 116 cm³/mol. The van der Waals surface area contributed by atoms with Crippen molar-refractivity contribution in [1.82, 2.24) is 4.31 Å². The summed E-state index contributed by atoms with van der Waals surface area (Å²) in [7, 11) is -2.05. The number of furan rings is 1. The number of benzene rings is 2. The highest BCUT2D eigenvalue weighted by Gasteiger charge is 2.27. The average molecular weight is 458 g/mol. The number of hydrogen-bond acceptors (Lipinski definition) is 7. The second-order valence-electron chi connectivity index (χ2n) is 7.47.